The molecule has 0 N–H and O–H groups in total. The summed E-state index contributed by atoms with van der Waals surface area (Å²) in [5.74, 6) is 0.133. The van der Waals surface area contributed by atoms with Crippen molar-refractivity contribution in [3.05, 3.63) is 93.1 Å². The van der Waals surface area contributed by atoms with Crippen LogP contribution in [-0.4, -0.2) is 72.2 Å². The van der Waals surface area contributed by atoms with Crippen molar-refractivity contribution >= 4 is 23.1 Å². The monoisotopic (exact) mass is 720 g/mol. The SMILES string of the molecule is CC1=C(CCCCCCCCCCN2CCCN(CCCCCCCCCCC3=C(C)C(=O)c4ccccc4C3=O)CC2)C(=O)c2ccccc2C1=O. The fourth-order valence-electron chi connectivity index (χ4n) is 8.57. The van der Waals surface area contributed by atoms with E-state index in [-0.39, 0.29) is 23.1 Å². The van der Waals surface area contributed by atoms with Gasteiger partial charge in [0.15, 0.2) is 23.1 Å². The van der Waals surface area contributed by atoms with Gasteiger partial charge in [-0.25, -0.2) is 0 Å². The molecule has 5 rings (SSSR count). The summed E-state index contributed by atoms with van der Waals surface area (Å²) in [5.41, 5.74) is 5.01. The third-order valence-electron chi connectivity index (χ3n) is 12.0. The second-order valence-electron chi connectivity index (χ2n) is 15.8. The number of carbonyl (C=O) groups excluding carboxylic acids is 4. The van der Waals surface area contributed by atoms with Gasteiger partial charge in [0.25, 0.3) is 0 Å². The zero-order valence-corrected chi connectivity index (χ0v) is 32.8. The van der Waals surface area contributed by atoms with Gasteiger partial charge in [0.1, 0.15) is 0 Å². The van der Waals surface area contributed by atoms with Crippen LogP contribution in [-0.2, 0) is 0 Å². The average Bonchev–Trinajstić information content (AvgIpc) is 3.41. The van der Waals surface area contributed by atoms with Crippen molar-refractivity contribution in [1.82, 2.24) is 9.80 Å². The van der Waals surface area contributed by atoms with Gasteiger partial charge in [0.05, 0.1) is 0 Å². The molecule has 0 saturated carbocycles. The normalized spacial score (nSPS) is 17.1. The van der Waals surface area contributed by atoms with Gasteiger partial charge in [-0.15, -0.1) is 0 Å². The summed E-state index contributed by atoms with van der Waals surface area (Å²) in [6.45, 7) is 11.0. The summed E-state index contributed by atoms with van der Waals surface area (Å²) in [6.07, 6.45) is 22.3. The second-order valence-corrected chi connectivity index (χ2v) is 15.8. The van der Waals surface area contributed by atoms with Crippen LogP contribution in [0.25, 0.3) is 0 Å². The Morgan fingerprint density at radius 1 is 0.396 bits per heavy atom. The summed E-state index contributed by atoms with van der Waals surface area (Å²) in [6, 6.07) is 14.5. The van der Waals surface area contributed by atoms with Gasteiger partial charge in [-0.3, -0.25) is 19.2 Å². The molecule has 0 aromatic heterocycles. The number of fused-ring (bicyclic) bond motifs is 2. The van der Waals surface area contributed by atoms with Gasteiger partial charge in [0, 0.05) is 57.6 Å². The average molecular weight is 721 g/mol. The number of Topliss-reactive ketones (excluding diaryl/α,β-unsaturated/α-hetero) is 4. The van der Waals surface area contributed by atoms with Crippen molar-refractivity contribution in [1.29, 1.82) is 0 Å². The fourth-order valence-corrected chi connectivity index (χ4v) is 8.57. The molecule has 2 aliphatic carbocycles. The highest BCUT2D eigenvalue weighted by Crippen LogP contribution is 2.30. The Hall–Kier alpha value is -3.48. The predicted octanol–water partition coefficient (Wildman–Crippen LogP) is 10.8. The van der Waals surface area contributed by atoms with Gasteiger partial charge in [0.2, 0.25) is 0 Å². The van der Waals surface area contributed by atoms with E-state index in [1.165, 1.54) is 123 Å². The van der Waals surface area contributed by atoms with Crippen molar-refractivity contribution in [2.45, 2.75) is 136 Å². The molecule has 0 amide bonds. The molecule has 2 aromatic rings. The van der Waals surface area contributed by atoms with Gasteiger partial charge >= 0.3 is 0 Å². The molecule has 0 atom stereocenters. The number of unbranched alkanes of at least 4 members (excludes halogenated alkanes) is 14. The number of ketones is 4. The minimum atomic E-state index is 0.0167. The number of allylic oxidation sites excluding steroid dienone is 4. The second kappa shape index (κ2) is 21.4. The maximum Gasteiger partial charge on any atom is 0.190 e. The molecule has 1 saturated heterocycles. The highest BCUT2D eigenvalue weighted by Gasteiger charge is 2.30. The Morgan fingerprint density at radius 3 is 1.06 bits per heavy atom. The third-order valence-corrected chi connectivity index (χ3v) is 12.0. The zero-order valence-electron chi connectivity index (χ0n) is 32.8. The van der Waals surface area contributed by atoms with E-state index in [0.29, 0.717) is 46.2 Å². The Kier molecular flexibility index (Phi) is 16.4. The van der Waals surface area contributed by atoms with Crippen LogP contribution in [0.2, 0.25) is 0 Å². The lowest BCUT2D eigenvalue weighted by molar-refractivity contribution is 0.0971. The van der Waals surface area contributed by atoms with E-state index in [4.69, 9.17) is 0 Å². The fraction of sp³-hybridized carbons (Fsp3) is 0.574. The minimum absolute atomic E-state index is 0.0167. The lowest BCUT2D eigenvalue weighted by Crippen LogP contribution is -2.32. The molecular formula is C47H64N2O4. The third kappa shape index (κ3) is 11.5. The molecular weight excluding hydrogens is 657 g/mol. The van der Waals surface area contributed by atoms with Crippen molar-refractivity contribution in [2.24, 2.45) is 0 Å². The number of rotatable bonds is 22. The molecule has 6 heteroatoms. The molecule has 0 unspecified atom stereocenters. The highest BCUT2D eigenvalue weighted by molar-refractivity contribution is 6.27. The van der Waals surface area contributed by atoms with Crippen LogP contribution in [0.1, 0.15) is 177 Å². The van der Waals surface area contributed by atoms with Crippen molar-refractivity contribution < 1.29 is 19.2 Å². The molecule has 286 valence electrons. The largest absolute Gasteiger partial charge is 0.302 e. The molecule has 2 aromatic carbocycles. The van der Waals surface area contributed by atoms with Crippen molar-refractivity contribution in [3.8, 4) is 0 Å². The molecule has 0 spiro atoms. The molecule has 1 fully saturated rings. The van der Waals surface area contributed by atoms with E-state index in [1.807, 2.05) is 38.1 Å². The molecule has 3 aliphatic rings. The molecule has 1 heterocycles. The van der Waals surface area contributed by atoms with E-state index in [1.54, 1.807) is 24.3 Å². The lowest BCUT2D eigenvalue weighted by atomic mass is 9.82. The van der Waals surface area contributed by atoms with E-state index in [9.17, 15) is 19.2 Å². The van der Waals surface area contributed by atoms with Crippen LogP contribution in [0.5, 0.6) is 0 Å². The Morgan fingerprint density at radius 2 is 0.698 bits per heavy atom. The first-order valence-corrected chi connectivity index (χ1v) is 21.1. The summed E-state index contributed by atoms with van der Waals surface area (Å²) in [4.78, 5) is 56.6. The molecule has 53 heavy (non-hydrogen) atoms. The number of hydrogen-bond donors (Lipinski definition) is 0. The summed E-state index contributed by atoms with van der Waals surface area (Å²) < 4.78 is 0. The first kappa shape index (κ1) is 40.7. The Bertz CT molecular complexity index is 1510. The number of hydrogen-bond acceptors (Lipinski definition) is 6. The number of carbonyl (C=O) groups is 4. The number of nitrogens with zero attached hydrogens (tertiary/aromatic N) is 2. The lowest BCUT2D eigenvalue weighted by Gasteiger charge is -2.21. The molecule has 0 bridgehead atoms. The van der Waals surface area contributed by atoms with Crippen molar-refractivity contribution in [3.63, 3.8) is 0 Å². The van der Waals surface area contributed by atoms with Gasteiger partial charge in [-0.1, -0.05) is 126 Å². The predicted molar refractivity (Wildman–Crippen MR) is 216 cm³/mol. The van der Waals surface area contributed by atoms with Gasteiger partial charge in [-0.05, 0) is 85.0 Å². The maximum absolute atomic E-state index is 12.9. The Balaban J connectivity index is 0.811. The smallest absolute Gasteiger partial charge is 0.190 e. The highest BCUT2D eigenvalue weighted by atomic mass is 16.1. The molecule has 6 nitrogen and oxygen atoms in total. The van der Waals surface area contributed by atoms with Crippen LogP contribution in [0.15, 0.2) is 70.8 Å². The summed E-state index contributed by atoms with van der Waals surface area (Å²) in [5, 5.41) is 0. The molecule has 0 radical (unpaired) electrons. The van der Waals surface area contributed by atoms with Crippen LogP contribution < -0.4 is 0 Å². The summed E-state index contributed by atoms with van der Waals surface area (Å²) in [7, 11) is 0. The topological polar surface area (TPSA) is 74.8 Å². The first-order chi connectivity index (χ1) is 25.9. The van der Waals surface area contributed by atoms with Crippen LogP contribution in [0, 0.1) is 0 Å². The maximum atomic E-state index is 12.9. The number of benzene rings is 2. The van der Waals surface area contributed by atoms with Crippen molar-refractivity contribution in [2.75, 3.05) is 39.3 Å². The van der Waals surface area contributed by atoms with Gasteiger partial charge in [-0.2, -0.15) is 0 Å². The van der Waals surface area contributed by atoms with Crippen LogP contribution >= 0.6 is 0 Å². The van der Waals surface area contributed by atoms with E-state index in [2.05, 4.69) is 9.80 Å². The minimum Gasteiger partial charge on any atom is -0.302 e. The standard InChI is InChI=1S/C47H64N2O4/c1-36-38(46(52)42-28-19-17-26-40(42)44(36)50)24-15-11-7-3-5-9-13-21-30-48-32-23-33-49(35-34-48)31-22-14-10-6-4-8-12-16-25-39-37(2)45(51)41-27-18-20-29-43(41)47(39)53/h17-20,26-29H,3-16,21-25,30-35H2,1-2H3. The molecule has 1 aliphatic heterocycles. The van der Waals surface area contributed by atoms with E-state index in [0.717, 1.165) is 36.8 Å². The van der Waals surface area contributed by atoms with Gasteiger partial charge < -0.3 is 9.80 Å². The van der Waals surface area contributed by atoms with E-state index >= 15 is 0 Å². The van der Waals surface area contributed by atoms with E-state index < -0.39 is 0 Å². The quantitative estimate of drug-likeness (QED) is 0.113. The first-order valence-electron chi connectivity index (χ1n) is 21.1. The zero-order chi connectivity index (χ0) is 37.4. The Labute approximate surface area is 319 Å². The van der Waals surface area contributed by atoms with Crippen LogP contribution in [0.3, 0.4) is 0 Å². The van der Waals surface area contributed by atoms with Crippen LogP contribution in [0.4, 0.5) is 0 Å². The summed E-state index contributed by atoms with van der Waals surface area (Å²) >= 11 is 0.